The highest BCUT2D eigenvalue weighted by Crippen LogP contribution is 2.31. The lowest BCUT2D eigenvalue weighted by Gasteiger charge is -2.20. The summed E-state index contributed by atoms with van der Waals surface area (Å²) in [6.45, 7) is 4.06. The van der Waals surface area contributed by atoms with E-state index in [4.69, 9.17) is 27.9 Å². The van der Waals surface area contributed by atoms with Crippen LogP contribution < -0.4 is 5.32 Å². The van der Waals surface area contributed by atoms with Gasteiger partial charge in [-0.2, -0.15) is 0 Å². The molecule has 1 aromatic carbocycles. The molecule has 0 atom stereocenters. The van der Waals surface area contributed by atoms with E-state index in [-0.39, 0.29) is 0 Å². The summed E-state index contributed by atoms with van der Waals surface area (Å²) in [4.78, 5) is 9.27. The minimum absolute atomic E-state index is 0.548. The fourth-order valence-electron chi connectivity index (χ4n) is 2.34. The quantitative estimate of drug-likeness (QED) is 0.928. The standard InChI is InChI=1S/C15H15Cl2N3O/c1-2-18-14-11-8-21-6-5-13(11)19-15(20-14)10-4-3-9(16)7-12(10)17/h3-4,7H,2,5-6,8H2,1H3,(H,18,19,20). The van der Waals surface area contributed by atoms with Crippen molar-refractivity contribution in [1.29, 1.82) is 0 Å². The second-order valence-corrected chi connectivity index (χ2v) is 5.62. The van der Waals surface area contributed by atoms with E-state index in [0.717, 1.165) is 35.6 Å². The molecule has 2 aromatic rings. The number of benzene rings is 1. The predicted molar refractivity (Wildman–Crippen MR) is 85.0 cm³/mol. The molecule has 21 heavy (non-hydrogen) atoms. The van der Waals surface area contributed by atoms with Gasteiger partial charge in [-0.05, 0) is 25.1 Å². The molecule has 1 aliphatic heterocycles. The van der Waals surface area contributed by atoms with Crippen molar-refractivity contribution in [2.24, 2.45) is 0 Å². The third-order valence-electron chi connectivity index (χ3n) is 3.34. The van der Waals surface area contributed by atoms with Gasteiger partial charge in [-0.15, -0.1) is 0 Å². The van der Waals surface area contributed by atoms with E-state index in [2.05, 4.69) is 15.3 Å². The summed E-state index contributed by atoms with van der Waals surface area (Å²) in [5, 5.41) is 4.43. The third-order valence-corrected chi connectivity index (χ3v) is 3.89. The van der Waals surface area contributed by atoms with Crippen LogP contribution in [0.5, 0.6) is 0 Å². The Labute approximate surface area is 133 Å². The molecule has 1 aliphatic rings. The third kappa shape index (κ3) is 2.98. The van der Waals surface area contributed by atoms with Gasteiger partial charge in [-0.3, -0.25) is 0 Å². The van der Waals surface area contributed by atoms with Crippen LogP contribution in [0.1, 0.15) is 18.2 Å². The topological polar surface area (TPSA) is 47.0 Å². The first-order valence-corrected chi connectivity index (χ1v) is 7.61. The van der Waals surface area contributed by atoms with E-state index in [9.17, 15) is 0 Å². The van der Waals surface area contributed by atoms with E-state index in [0.29, 0.717) is 29.1 Å². The highest BCUT2D eigenvalue weighted by Gasteiger charge is 2.19. The van der Waals surface area contributed by atoms with Crippen molar-refractivity contribution in [3.8, 4) is 11.4 Å². The minimum Gasteiger partial charge on any atom is -0.376 e. The Hall–Kier alpha value is -1.36. The first-order valence-electron chi connectivity index (χ1n) is 6.86. The van der Waals surface area contributed by atoms with Crippen molar-refractivity contribution in [3.63, 3.8) is 0 Å². The Morgan fingerprint density at radius 2 is 2.14 bits per heavy atom. The number of halogens is 2. The lowest BCUT2D eigenvalue weighted by atomic mass is 10.1. The zero-order chi connectivity index (χ0) is 14.8. The molecular weight excluding hydrogens is 309 g/mol. The van der Waals surface area contributed by atoms with Crippen LogP contribution in [0.4, 0.5) is 5.82 Å². The van der Waals surface area contributed by atoms with Crippen molar-refractivity contribution in [2.75, 3.05) is 18.5 Å². The number of aromatic nitrogens is 2. The molecule has 0 unspecified atom stereocenters. The van der Waals surface area contributed by atoms with Crippen LogP contribution in [-0.4, -0.2) is 23.1 Å². The maximum absolute atomic E-state index is 6.27. The van der Waals surface area contributed by atoms with Crippen molar-refractivity contribution in [3.05, 3.63) is 39.5 Å². The summed E-state index contributed by atoms with van der Waals surface area (Å²) in [5.74, 6) is 1.44. The molecule has 3 rings (SSSR count). The van der Waals surface area contributed by atoms with E-state index < -0.39 is 0 Å². The van der Waals surface area contributed by atoms with E-state index in [1.54, 1.807) is 12.1 Å². The van der Waals surface area contributed by atoms with Gasteiger partial charge in [0.15, 0.2) is 5.82 Å². The number of hydrogen-bond donors (Lipinski definition) is 1. The van der Waals surface area contributed by atoms with Gasteiger partial charge in [0, 0.05) is 29.1 Å². The summed E-state index contributed by atoms with van der Waals surface area (Å²) in [6.07, 6.45) is 0.786. The number of rotatable bonds is 3. The lowest BCUT2D eigenvalue weighted by Crippen LogP contribution is -2.17. The maximum atomic E-state index is 6.27. The SMILES string of the molecule is CCNc1nc(-c2ccc(Cl)cc2Cl)nc2c1COCC2. The van der Waals surface area contributed by atoms with Crippen LogP contribution in [0.15, 0.2) is 18.2 Å². The Balaban J connectivity index is 2.12. The molecule has 0 radical (unpaired) electrons. The van der Waals surface area contributed by atoms with Crippen molar-refractivity contribution in [2.45, 2.75) is 20.0 Å². The molecule has 0 saturated heterocycles. The summed E-state index contributed by atoms with van der Waals surface area (Å²) in [5.41, 5.74) is 2.85. The molecule has 2 heterocycles. The molecule has 0 spiro atoms. The van der Waals surface area contributed by atoms with E-state index in [1.807, 2.05) is 13.0 Å². The summed E-state index contributed by atoms with van der Waals surface area (Å²) in [7, 11) is 0. The highest BCUT2D eigenvalue weighted by atomic mass is 35.5. The number of hydrogen-bond acceptors (Lipinski definition) is 4. The maximum Gasteiger partial charge on any atom is 0.163 e. The number of fused-ring (bicyclic) bond motifs is 1. The number of ether oxygens (including phenoxy) is 1. The first-order chi connectivity index (χ1) is 10.2. The van der Waals surface area contributed by atoms with Crippen molar-refractivity contribution in [1.82, 2.24) is 9.97 Å². The summed E-state index contributed by atoms with van der Waals surface area (Å²) in [6, 6.07) is 5.35. The zero-order valence-corrected chi connectivity index (χ0v) is 13.1. The highest BCUT2D eigenvalue weighted by molar-refractivity contribution is 6.36. The van der Waals surface area contributed by atoms with Gasteiger partial charge in [0.05, 0.1) is 23.9 Å². The second kappa shape index (κ2) is 6.18. The van der Waals surface area contributed by atoms with E-state index in [1.165, 1.54) is 0 Å². The molecule has 110 valence electrons. The number of nitrogens with zero attached hydrogens (tertiary/aromatic N) is 2. The van der Waals surface area contributed by atoms with Crippen LogP contribution in [0.25, 0.3) is 11.4 Å². The molecular formula is C15H15Cl2N3O. The molecule has 1 aromatic heterocycles. The fourth-order valence-corrected chi connectivity index (χ4v) is 2.83. The van der Waals surface area contributed by atoms with Gasteiger partial charge in [0.25, 0.3) is 0 Å². The van der Waals surface area contributed by atoms with Gasteiger partial charge in [-0.25, -0.2) is 9.97 Å². The van der Waals surface area contributed by atoms with E-state index >= 15 is 0 Å². The van der Waals surface area contributed by atoms with Crippen LogP contribution in [0.3, 0.4) is 0 Å². The Morgan fingerprint density at radius 3 is 2.90 bits per heavy atom. The first kappa shape index (κ1) is 14.6. The molecule has 0 fully saturated rings. The monoisotopic (exact) mass is 323 g/mol. The second-order valence-electron chi connectivity index (χ2n) is 4.78. The predicted octanol–water partition coefficient (Wildman–Crippen LogP) is 3.95. The van der Waals surface area contributed by atoms with Gasteiger partial charge < -0.3 is 10.1 Å². The largest absolute Gasteiger partial charge is 0.376 e. The fraction of sp³-hybridized carbons (Fsp3) is 0.333. The van der Waals surface area contributed by atoms with Crippen LogP contribution >= 0.6 is 23.2 Å². The van der Waals surface area contributed by atoms with Gasteiger partial charge in [0.1, 0.15) is 5.82 Å². The number of nitrogens with one attached hydrogen (secondary N) is 1. The zero-order valence-electron chi connectivity index (χ0n) is 11.6. The number of anilines is 1. The average molecular weight is 324 g/mol. The lowest BCUT2D eigenvalue weighted by molar-refractivity contribution is 0.109. The average Bonchev–Trinajstić information content (AvgIpc) is 2.47. The van der Waals surface area contributed by atoms with Crippen LogP contribution in [-0.2, 0) is 17.8 Å². The molecule has 0 aliphatic carbocycles. The molecule has 0 saturated carbocycles. The Kier molecular flexibility index (Phi) is 4.29. The van der Waals surface area contributed by atoms with Crippen molar-refractivity contribution >= 4 is 29.0 Å². The normalized spacial score (nSPS) is 13.9. The van der Waals surface area contributed by atoms with Crippen LogP contribution in [0.2, 0.25) is 10.0 Å². The molecule has 4 nitrogen and oxygen atoms in total. The summed E-state index contributed by atoms with van der Waals surface area (Å²) >= 11 is 12.2. The summed E-state index contributed by atoms with van der Waals surface area (Å²) < 4.78 is 5.50. The van der Waals surface area contributed by atoms with Crippen LogP contribution in [0, 0.1) is 0 Å². The molecule has 0 amide bonds. The van der Waals surface area contributed by atoms with Gasteiger partial charge in [-0.1, -0.05) is 23.2 Å². The molecule has 1 N–H and O–H groups in total. The van der Waals surface area contributed by atoms with Gasteiger partial charge in [0.2, 0.25) is 0 Å². The molecule has 0 bridgehead atoms. The minimum atomic E-state index is 0.548. The smallest absolute Gasteiger partial charge is 0.163 e. The Bertz CT molecular complexity index is 676. The van der Waals surface area contributed by atoms with Gasteiger partial charge >= 0.3 is 0 Å². The Morgan fingerprint density at radius 1 is 1.29 bits per heavy atom. The molecule has 6 heteroatoms. The van der Waals surface area contributed by atoms with Crippen molar-refractivity contribution < 1.29 is 4.74 Å².